The SMILES string of the molecule is CCCCCCCCCCCCN1CCC(C(C)(C)C(=O)N(C)C)CC1. The van der Waals surface area contributed by atoms with Crippen molar-refractivity contribution in [2.24, 2.45) is 11.3 Å². The lowest BCUT2D eigenvalue weighted by Gasteiger charge is -2.40. The molecule has 0 radical (unpaired) electrons. The van der Waals surface area contributed by atoms with Crippen LogP contribution >= 0.6 is 0 Å². The molecule has 0 saturated carbocycles. The van der Waals surface area contributed by atoms with Gasteiger partial charge in [-0.3, -0.25) is 4.79 Å². The van der Waals surface area contributed by atoms with Gasteiger partial charge < -0.3 is 9.80 Å². The molecule has 1 saturated heterocycles. The monoisotopic (exact) mass is 366 g/mol. The molecular weight excluding hydrogens is 320 g/mol. The minimum atomic E-state index is -0.216. The van der Waals surface area contributed by atoms with Crippen LogP contribution in [-0.4, -0.2) is 49.4 Å². The third-order valence-corrected chi connectivity index (χ3v) is 6.39. The molecule has 0 aromatic rings. The standard InChI is InChI=1S/C23H46N2O/c1-6-7-8-9-10-11-12-13-14-15-18-25-19-16-21(17-20-25)23(2,3)22(26)24(4)5/h21H,6-20H2,1-5H3. The zero-order valence-electron chi connectivity index (χ0n) is 18.5. The van der Waals surface area contributed by atoms with Gasteiger partial charge in [-0.05, 0) is 44.8 Å². The van der Waals surface area contributed by atoms with Crippen LogP contribution in [0, 0.1) is 11.3 Å². The highest BCUT2D eigenvalue weighted by Crippen LogP contribution is 2.36. The molecule has 1 heterocycles. The fourth-order valence-corrected chi connectivity index (χ4v) is 4.45. The zero-order chi connectivity index (χ0) is 19.4. The Kier molecular flexibility index (Phi) is 11.5. The summed E-state index contributed by atoms with van der Waals surface area (Å²) in [5.74, 6) is 0.812. The van der Waals surface area contributed by atoms with Crippen molar-refractivity contribution in [1.29, 1.82) is 0 Å². The number of likely N-dealkylation sites (tertiary alicyclic amines) is 1. The summed E-state index contributed by atoms with van der Waals surface area (Å²) in [7, 11) is 3.76. The van der Waals surface area contributed by atoms with E-state index in [0.717, 1.165) is 0 Å². The van der Waals surface area contributed by atoms with Crippen molar-refractivity contribution in [2.75, 3.05) is 33.7 Å². The van der Waals surface area contributed by atoms with E-state index >= 15 is 0 Å². The highest BCUT2D eigenvalue weighted by molar-refractivity contribution is 5.81. The van der Waals surface area contributed by atoms with Gasteiger partial charge in [0.25, 0.3) is 0 Å². The lowest BCUT2D eigenvalue weighted by molar-refractivity contribution is -0.141. The molecule has 1 aliphatic rings. The lowest BCUT2D eigenvalue weighted by atomic mass is 9.72. The highest BCUT2D eigenvalue weighted by atomic mass is 16.2. The fraction of sp³-hybridized carbons (Fsp3) is 0.957. The molecule has 1 fully saturated rings. The van der Waals surface area contributed by atoms with Gasteiger partial charge in [0.15, 0.2) is 0 Å². The Morgan fingerprint density at radius 1 is 0.885 bits per heavy atom. The van der Waals surface area contributed by atoms with Gasteiger partial charge in [-0.25, -0.2) is 0 Å². The van der Waals surface area contributed by atoms with Crippen molar-refractivity contribution in [1.82, 2.24) is 9.80 Å². The second-order valence-corrected chi connectivity index (χ2v) is 9.22. The first-order valence-electron chi connectivity index (χ1n) is 11.3. The summed E-state index contributed by atoms with van der Waals surface area (Å²) >= 11 is 0. The molecule has 26 heavy (non-hydrogen) atoms. The summed E-state index contributed by atoms with van der Waals surface area (Å²) in [6.45, 7) is 10.2. The Hall–Kier alpha value is -0.570. The summed E-state index contributed by atoms with van der Waals surface area (Å²) in [4.78, 5) is 16.8. The predicted octanol–water partition coefficient (Wildman–Crippen LogP) is 5.73. The molecule has 0 N–H and O–H groups in total. The zero-order valence-corrected chi connectivity index (χ0v) is 18.5. The van der Waals surface area contributed by atoms with Gasteiger partial charge in [-0.15, -0.1) is 0 Å². The maximum Gasteiger partial charge on any atom is 0.227 e. The van der Waals surface area contributed by atoms with E-state index in [0.29, 0.717) is 5.92 Å². The minimum Gasteiger partial charge on any atom is -0.348 e. The van der Waals surface area contributed by atoms with Gasteiger partial charge in [0, 0.05) is 19.5 Å². The summed E-state index contributed by atoms with van der Waals surface area (Å²) in [6, 6.07) is 0. The molecule has 0 aromatic heterocycles. The van der Waals surface area contributed by atoms with Crippen molar-refractivity contribution in [2.45, 2.75) is 97.8 Å². The van der Waals surface area contributed by atoms with E-state index in [2.05, 4.69) is 25.7 Å². The van der Waals surface area contributed by atoms with Crippen LogP contribution in [0.2, 0.25) is 0 Å². The van der Waals surface area contributed by atoms with Crippen LogP contribution in [0.5, 0.6) is 0 Å². The second-order valence-electron chi connectivity index (χ2n) is 9.22. The lowest BCUT2D eigenvalue weighted by Crippen LogP contribution is -2.46. The van der Waals surface area contributed by atoms with Crippen molar-refractivity contribution in [3.05, 3.63) is 0 Å². The van der Waals surface area contributed by atoms with E-state index in [9.17, 15) is 4.79 Å². The predicted molar refractivity (Wildman–Crippen MR) is 113 cm³/mol. The fourth-order valence-electron chi connectivity index (χ4n) is 4.45. The van der Waals surface area contributed by atoms with E-state index in [1.165, 1.54) is 96.7 Å². The highest BCUT2D eigenvalue weighted by Gasteiger charge is 2.39. The van der Waals surface area contributed by atoms with Gasteiger partial charge >= 0.3 is 0 Å². The second kappa shape index (κ2) is 12.8. The normalized spacial score (nSPS) is 16.8. The maximum atomic E-state index is 12.4. The van der Waals surface area contributed by atoms with E-state index in [-0.39, 0.29) is 11.3 Å². The first kappa shape index (κ1) is 23.5. The number of carbonyl (C=O) groups excluding carboxylic acids is 1. The quantitative estimate of drug-likeness (QED) is 0.388. The van der Waals surface area contributed by atoms with E-state index in [1.807, 2.05) is 14.1 Å². The molecule has 0 atom stereocenters. The van der Waals surface area contributed by atoms with Crippen LogP contribution < -0.4 is 0 Å². The smallest absolute Gasteiger partial charge is 0.227 e. The molecule has 1 amide bonds. The number of amides is 1. The molecular formula is C23H46N2O. The maximum absolute atomic E-state index is 12.4. The van der Waals surface area contributed by atoms with Gasteiger partial charge in [-0.1, -0.05) is 78.6 Å². The third-order valence-electron chi connectivity index (χ3n) is 6.39. The summed E-state index contributed by atoms with van der Waals surface area (Å²) in [5, 5.41) is 0. The van der Waals surface area contributed by atoms with Crippen LogP contribution in [0.3, 0.4) is 0 Å². The molecule has 0 aromatic carbocycles. The number of unbranched alkanes of at least 4 members (excludes halogenated alkanes) is 9. The average molecular weight is 367 g/mol. The van der Waals surface area contributed by atoms with E-state index in [1.54, 1.807) is 4.90 Å². The van der Waals surface area contributed by atoms with Gasteiger partial charge in [0.2, 0.25) is 5.91 Å². The number of rotatable bonds is 13. The van der Waals surface area contributed by atoms with E-state index < -0.39 is 0 Å². The number of piperidine rings is 1. The molecule has 0 spiro atoms. The Morgan fingerprint density at radius 3 is 1.81 bits per heavy atom. The van der Waals surface area contributed by atoms with Gasteiger partial charge in [0.1, 0.15) is 0 Å². The number of nitrogens with zero attached hydrogens (tertiary/aromatic N) is 2. The van der Waals surface area contributed by atoms with Crippen LogP contribution in [0.25, 0.3) is 0 Å². The van der Waals surface area contributed by atoms with Crippen LogP contribution in [0.1, 0.15) is 97.8 Å². The van der Waals surface area contributed by atoms with Crippen molar-refractivity contribution < 1.29 is 4.79 Å². The van der Waals surface area contributed by atoms with Crippen molar-refractivity contribution >= 4 is 5.91 Å². The summed E-state index contributed by atoms with van der Waals surface area (Å²) < 4.78 is 0. The average Bonchev–Trinajstić information content (AvgIpc) is 2.63. The molecule has 0 aliphatic carbocycles. The molecule has 1 aliphatic heterocycles. The Bertz CT molecular complexity index is 370. The van der Waals surface area contributed by atoms with Crippen LogP contribution in [0.15, 0.2) is 0 Å². The summed E-state index contributed by atoms with van der Waals surface area (Å²) in [6.07, 6.45) is 16.4. The Labute approximate surface area is 163 Å². The number of hydrogen-bond acceptors (Lipinski definition) is 2. The molecule has 0 bridgehead atoms. The van der Waals surface area contributed by atoms with Gasteiger partial charge in [-0.2, -0.15) is 0 Å². The largest absolute Gasteiger partial charge is 0.348 e. The first-order chi connectivity index (χ1) is 12.4. The minimum absolute atomic E-state index is 0.216. The van der Waals surface area contributed by atoms with Crippen LogP contribution in [0.4, 0.5) is 0 Å². The molecule has 0 unspecified atom stereocenters. The van der Waals surface area contributed by atoms with Crippen LogP contribution in [-0.2, 0) is 4.79 Å². The topological polar surface area (TPSA) is 23.6 Å². The molecule has 3 heteroatoms. The van der Waals surface area contributed by atoms with Crippen molar-refractivity contribution in [3.8, 4) is 0 Å². The Morgan fingerprint density at radius 2 is 1.35 bits per heavy atom. The first-order valence-corrected chi connectivity index (χ1v) is 11.3. The molecule has 1 rings (SSSR count). The van der Waals surface area contributed by atoms with Gasteiger partial charge in [0.05, 0.1) is 0 Å². The molecule has 154 valence electrons. The number of hydrogen-bond donors (Lipinski definition) is 0. The third kappa shape index (κ3) is 8.41. The molecule has 3 nitrogen and oxygen atoms in total. The summed E-state index contributed by atoms with van der Waals surface area (Å²) in [5.41, 5.74) is -0.216. The van der Waals surface area contributed by atoms with Crippen molar-refractivity contribution in [3.63, 3.8) is 0 Å². The van der Waals surface area contributed by atoms with E-state index in [4.69, 9.17) is 0 Å². The number of carbonyl (C=O) groups is 1. The Balaban J connectivity index is 2.06.